The number of ether oxygens (including phenoxy) is 3. The first-order valence-electron chi connectivity index (χ1n) is 5.64. The van der Waals surface area contributed by atoms with Gasteiger partial charge in [0.25, 0.3) is 0 Å². The highest BCUT2D eigenvalue weighted by Gasteiger charge is 2.44. The molecule has 2 N–H and O–H groups in total. The number of carbonyl (C=O) groups is 1. The van der Waals surface area contributed by atoms with Crippen molar-refractivity contribution in [1.29, 1.82) is 0 Å². The van der Waals surface area contributed by atoms with E-state index in [-0.39, 0.29) is 36.7 Å². The summed E-state index contributed by atoms with van der Waals surface area (Å²) in [4.78, 5) is 11.2. The van der Waals surface area contributed by atoms with Gasteiger partial charge in [0.2, 0.25) is 5.91 Å². The van der Waals surface area contributed by atoms with Crippen LogP contribution in [0.1, 0.15) is 13.8 Å². The van der Waals surface area contributed by atoms with Gasteiger partial charge in [0.05, 0.1) is 18.8 Å². The van der Waals surface area contributed by atoms with Crippen LogP contribution in [0, 0.1) is 5.92 Å². The molecule has 2 unspecified atom stereocenters. The molecule has 1 amide bonds. The van der Waals surface area contributed by atoms with E-state index in [1.165, 1.54) is 14.0 Å². The Morgan fingerprint density at radius 3 is 2.47 bits per heavy atom. The second-order valence-electron chi connectivity index (χ2n) is 4.25. The van der Waals surface area contributed by atoms with Crippen molar-refractivity contribution in [2.45, 2.75) is 38.4 Å². The van der Waals surface area contributed by atoms with Gasteiger partial charge in [0.1, 0.15) is 6.04 Å². The van der Waals surface area contributed by atoms with Crippen molar-refractivity contribution >= 4 is 5.91 Å². The van der Waals surface area contributed by atoms with Crippen molar-refractivity contribution < 1.29 is 24.1 Å². The number of nitrogens with one attached hydrogen (secondary N) is 1. The minimum absolute atomic E-state index is 0.0340. The summed E-state index contributed by atoms with van der Waals surface area (Å²) in [5, 5.41) is 12.0. The molecule has 6 heteroatoms. The lowest BCUT2D eigenvalue weighted by molar-refractivity contribution is -0.249. The lowest BCUT2D eigenvalue weighted by atomic mass is 9.89. The standard InChI is InChI=1S/C11H21NO5/c1-6-8(5-13)17-11(16-4)9(10(6)15-3)12-7(2)14/h6,8-11,13H,5H2,1-4H3,(H,12,14)/t6-,8?,9+,10?,11-/m1/s1. The number of methoxy groups -OCH3 is 2. The molecule has 17 heavy (non-hydrogen) atoms. The number of amides is 1. The van der Waals surface area contributed by atoms with Crippen LogP contribution in [0.2, 0.25) is 0 Å². The van der Waals surface area contributed by atoms with Crippen LogP contribution in [0.25, 0.3) is 0 Å². The van der Waals surface area contributed by atoms with Crippen molar-refractivity contribution in [3.05, 3.63) is 0 Å². The van der Waals surface area contributed by atoms with Crippen molar-refractivity contribution in [3.8, 4) is 0 Å². The first kappa shape index (κ1) is 14.4. The van der Waals surface area contributed by atoms with Crippen LogP contribution < -0.4 is 5.32 Å². The van der Waals surface area contributed by atoms with Crippen molar-refractivity contribution in [3.63, 3.8) is 0 Å². The fourth-order valence-corrected chi connectivity index (χ4v) is 2.23. The van der Waals surface area contributed by atoms with Crippen molar-refractivity contribution in [1.82, 2.24) is 5.32 Å². The number of aliphatic hydroxyl groups excluding tert-OH is 1. The smallest absolute Gasteiger partial charge is 0.217 e. The Kier molecular flexibility index (Phi) is 5.32. The van der Waals surface area contributed by atoms with Gasteiger partial charge in [-0.25, -0.2) is 0 Å². The topological polar surface area (TPSA) is 77.0 Å². The summed E-state index contributed by atoms with van der Waals surface area (Å²) in [5.41, 5.74) is 0. The Labute approximate surface area is 101 Å². The predicted octanol–water partition coefficient (Wildman–Crippen LogP) is -0.494. The summed E-state index contributed by atoms with van der Waals surface area (Å²) in [6.07, 6.45) is -1.22. The van der Waals surface area contributed by atoms with Crippen LogP contribution in [0.3, 0.4) is 0 Å². The second kappa shape index (κ2) is 6.30. The van der Waals surface area contributed by atoms with Gasteiger partial charge in [-0.15, -0.1) is 0 Å². The molecule has 0 spiro atoms. The molecule has 0 aromatic heterocycles. The second-order valence-corrected chi connectivity index (χ2v) is 4.25. The summed E-state index contributed by atoms with van der Waals surface area (Å²) in [6, 6.07) is -0.375. The average Bonchev–Trinajstić information content (AvgIpc) is 2.29. The molecule has 1 saturated heterocycles. The fourth-order valence-electron chi connectivity index (χ4n) is 2.23. The summed E-state index contributed by atoms with van der Waals surface area (Å²) < 4.78 is 16.2. The molecule has 5 atom stereocenters. The number of rotatable bonds is 4. The van der Waals surface area contributed by atoms with E-state index in [4.69, 9.17) is 14.2 Å². The monoisotopic (exact) mass is 247 g/mol. The Balaban J connectivity index is 2.86. The Morgan fingerprint density at radius 1 is 1.41 bits per heavy atom. The van der Waals surface area contributed by atoms with Crippen LogP contribution in [0.15, 0.2) is 0 Å². The van der Waals surface area contributed by atoms with Crippen LogP contribution in [0.4, 0.5) is 0 Å². The largest absolute Gasteiger partial charge is 0.394 e. The Hall–Kier alpha value is -0.690. The van der Waals surface area contributed by atoms with Crippen molar-refractivity contribution in [2.75, 3.05) is 20.8 Å². The van der Waals surface area contributed by atoms with Gasteiger partial charge >= 0.3 is 0 Å². The van der Waals surface area contributed by atoms with Gasteiger partial charge < -0.3 is 24.6 Å². The van der Waals surface area contributed by atoms with E-state index < -0.39 is 6.29 Å². The molecule has 0 aromatic rings. The lowest BCUT2D eigenvalue weighted by Gasteiger charge is -2.44. The number of hydrogen-bond donors (Lipinski definition) is 2. The molecule has 0 bridgehead atoms. The van der Waals surface area contributed by atoms with Gasteiger partial charge in [-0.05, 0) is 0 Å². The Morgan fingerprint density at radius 2 is 2.06 bits per heavy atom. The third kappa shape index (κ3) is 3.16. The first-order chi connectivity index (χ1) is 8.04. The Bertz CT molecular complexity index is 260. The third-order valence-corrected chi connectivity index (χ3v) is 3.12. The molecule has 6 nitrogen and oxygen atoms in total. The highest BCUT2D eigenvalue weighted by Crippen LogP contribution is 2.28. The van der Waals surface area contributed by atoms with E-state index in [1.54, 1.807) is 7.11 Å². The van der Waals surface area contributed by atoms with E-state index in [0.29, 0.717) is 0 Å². The molecule has 0 aliphatic carbocycles. The maximum atomic E-state index is 11.2. The van der Waals surface area contributed by atoms with E-state index in [0.717, 1.165) is 0 Å². The van der Waals surface area contributed by atoms with Crippen LogP contribution in [-0.4, -0.2) is 56.4 Å². The zero-order valence-electron chi connectivity index (χ0n) is 10.7. The zero-order chi connectivity index (χ0) is 13.0. The lowest BCUT2D eigenvalue weighted by Crippen LogP contribution is -2.62. The molecule has 1 aliphatic heterocycles. The molecule has 1 aliphatic rings. The summed E-state index contributed by atoms with van der Waals surface area (Å²) in [5.74, 6) is -0.203. The van der Waals surface area contributed by atoms with Crippen LogP contribution >= 0.6 is 0 Å². The molecule has 0 aromatic carbocycles. The van der Waals surface area contributed by atoms with Crippen LogP contribution in [-0.2, 0) is 19.0 Å². The van der Waals surface area contributed by atoms with E-state index >= 15 is 0 Å². The van der Waals surface area contributed by atoms with E-state index in [9.17, 15) is 9.90 Å². The molecule has 1 heterocycles. The quantitative estimate of drug-likeness (QED) is 0.700. The maximum Gasteiger partial charge on any atom is 0.217 e. The zero-order valence-corrected chi connectivity index (χ0v) is 10.7. The molecule has 0 saturated carbocycles. The highest BCUT2D eigenvalue weighted by molar-refractivity contribution is 5.73. The van der Waals surface area contributed by atoms with Gasteiger partial charge in [-0.3, -0.25) is 4.79 Å². The predicted molar refractivity (Wildman–Crippen MR) is 60.3 cm³/mol. The molecule has 1 rings (SSSR count). The van der Waals surface area contributed by atoms with Crippen LogP contribution in [0.5, 0.6) is 0 Å². The van der Waals surface area contributed by atoms with Gasteiger partial charge in [0, 0.05) is 27.1 Å². The van der Waals surface area contributed by atoms with Gasteiger partial charge in [0.15, 0.2) is 6.29 Å². The normalized spacial score (nSPS) is 37.8. The van der Waals surface area contributed by atoms with Crippen molar-refractivity contribution in [2.24, 2.45) is 5.92 Å². The minimum atomic E-state index is -0.614. The highest BCUT2D eigenvalue weighted by atomic mass is 16.7. The number of aliphatic hydroxyl groups is 1. The van der Waals surface area contributed by atoms with E-state index in [1.807, 2.05) is 6.92 Å². The third-order valence-electron chi connectivity index (χ3n) is 3.12. The first-order valence-corrected chi connectivity index (χ1v) is 5.64. The summed E-state index contributed by atoms with van der Waals surface area (Å²) in [7, 11) is 3.07. The number of carbonyl (C=O) groups excluding carboxylic acids is 1. The van der Waals surface area contributed by atoms with Gasteiger partial charge in [-0.1, -0.05) is 6.92 Å². The fraction of sp³-hybridized carbons (Fsp3) is 0.909. The summed E-state index contributed by atoms with van der Waals surface area (Å²) in [6.45, 7) is 3.24. The molecule has 100 valence electrons. The minimum Gasteiger partial charge on any atom is -0.394 e. The molecular weight excluding hydrogens is 226 g/mol. The molecule has 1 fully saturated rings. The van der Waals surface area contributed by atoms with Gasteiger partial charge in [-0.2, -0.15) is 0 Å². The molecular formula is C11H21NO5. The summed E-state index contributed by atoms with van der Waals surface area (Å²) >= 11 is 0. The number of hydrogen-bond acceptors (Lipinski definition) is 5. The molecule has 0 radical (unpaired) electrons. The maximum absolute atomic E-state index is 11.2. The SMILES string of the molecule is COC1[C@H](C)C(CO)O[C@@H](OC)[C@H]1NC(C)=O. The average molecular weight is 247 g/mol. The van der Waals surface area contributed by atoms with E-state index in [2.05, 4.69) is 5.32 Å².